The minimum atomic E-state index is -2.59. The van der Waals surface area contributed by atoms with Gasteiger partial charge in [-0.15, -0.1) is 0 Å². The lowest BCUT2D eigenvalue weighted by Gasteiger charge is -1.86. The van der Waals surface area contributed by atoms with Crippen molar-refractivity contribution in [3.05, 3.63) is 36.3 Å². The van der Waals surface area contributed by atoms with E-state index < -0.39 is 23.0 Å². The number of benzene rings is 1. The van der Waals surface area contributed by atoms with Crippen molar-refractivity contribution in [2.24, 2.45) is 4.36 Å². The number of aliphatic carboxylic acids is 1. The lowest BCUT2D eigenvalue weighted by atomic mass is 10.2. The quantitative estimate of drug-likeness (QED) is 0.898. The molecule has 18 heavy (non-hydrogen) atoms. The minimum Gasteiger partial charge on any atom is -0.480 e. The summed E-state index contributed by atoms with van der Waals surface area (Å²) in [4.78, 5) is 9.54. The van der Waals surface area contributed by atoms with Gasteiger partial charge in [-0.3, -0.25) is 4.79 Å². The van der Waals surface area contributed by atoms with Gasteiger partial charge in [-0.25, -0.2) is 4.39 Å². The van der Waals surface area contributed by atoms with Gasteiger partial charge in [0.2, 0.25) is 0 Å². The average molecular weight is 273 g/mol. The van der Waals surface area contributed by atoms with E-state index in [9.17, 15) is 17.6 Å². The van der Waals surface area contributed by atoms with E-state index in [4.69, 9.17) is 9.52 Å². The van der Waals surface area contributed by atoms with Crippen LogP contribution in [0.2, 0.25) is 0 Å². The Labute approximate surface area is 102 Å². The highest BCUT2D eigenvalue weighted by atomic mass is 32.2. The molecule has 0 saturated heterocycles. The third-order valence-corrected chi connectivity index (χ3v) is 2.08. The number of carbonyl (C=O) groups is 1. The van der Waals surface area contributed by atoms with E-state index >= 15 is 0 Å². The van der Waals surface area contributed by atoms with Crippen LogP contribution >= 0.6 is 0 Å². The Hall–Kier alpha value is -2.22. The first-order valence-corrected chi connectivity index (χ1v) is 5.64. The van der Waals surface area contributed by atoms with Gasteiger partial charge in [0.15, 0.2) is 17.9 Å². The zero-order valence-electron chi connectivity index (χ0n) is 8.91. The van der Waals surface area contributed by atoms with Gasteiger partial charge in [0.25, 0.3) is 0 Å². The van der Waals surface area contributed by atoms with E-state index in [1.165, 1.54) is 12.3 Å². The van der Waals surface area contributed by atoms with Crippen LogP contribution in [0.5, 0.6) is 0 Å². The van der Waals surface area contributed by atoms with Gasteiger partial charge < -0.3 is 9.52 Å². The number of para-hydroxylation sites is 1. The number of hydrogen-bond donors (Lipinski definition) is 1. The molecule has 6 nitrogen and oxygen atoms in total. The van der Waals surface area contributed by atoms with Gasteiger partial charge in [-0.2, -0.15) is 12.8 Å². The van der Waals surface area contributed by atoms with Gasteiger partial charge >= 0.3 is 16.5 Å². The number of nitrogens with zero attached hydrogens (tertiary/aromatic N) is 1. The highest BCUT2D eigenvalue weighted by molar-refractivity contribution is 7.61. The molecule has 0 unspecified atom stereocenters. The molecule has 96 valence electrons. The number of carboxylic acids is 1. The van der Waals surface area contributed by atoms with Crippen molar-refractivity contribution in [2.75, 3.05) is 6.54 Å². The summed E-state index contributed by atoms with van der Waals surface area (Å²) in [5, 5.41) is 8.60. The lowest BCUT2D eigenvalue weighted by Crippen LogP contribution is -1.97. The van der Waals surface area contributed by atoms with Crippen LogP contribution in [0.4, 0.5) is 4.39 Å². The van der Waals surface area contributed by atoms with Crippen LogP contribution in [-0.4, -0.2) is 26.0 Å². The molecule has 2 aromatic rings. The van der Waals surface area contributed by atoms with Gasteiger partial charge in [0.05, 0.1) is 6.26 Å². The lowest BCUT2D eigenvalue weighted by molar-refractivity contribution is -0.135. The summed E-state index contributed by atoms with van der Waals surface area (Å²) in [6.45, 7) is -0.684. The molecular formula is C10H8FNO5S. The Kier molecular flexibility index (Phi) is 5.00. The summed E-state index contributed by atoms with van der Waals surface area (Å²) in [7, 11) is -2.59. The molecule has 0 saturated carbocycles. The molecule has 0 fully saturated rings. The summed E-state index contributed by atoms with van der Waals surface area (Å²) in [6.07, 6.45) is 1.48. The van der Waals surface area contributed by atoms with Crippen LogP contribution in [0.1, 0.15) is 0 Å². The van der Waals surface area contributed by atoms with E-state index in [1.54, 1.807) is 12.1 Å². The molecule has 0 spiro atoms. The van der Waals surface area contributed by atoms with E-state index in [0.717, 1.165) is 5.39 Å². The molecule has 2 rings (SSSR count). The molecule has 0 amide bonds. The number of carboxylic acid groups (broad SMARTS) is 1. The Morgan fingerprint density at radius 2 is 2.11 bits per heavy atom. The molecule has 0 bridgehead atoms. The molecule has 0 aliphatic carbocycles. The zero-order chi connectivity index (χ0) is 13.5. The van der Waals surface area contributed by atoms with Gasteiger partial charge in [0, 0.05) is 5.39 Å². The molecule has 1 heterocycles. The zero-order valence-corrected chi connectivity index (χ0v) is 9.72. The molecule has 8 heteroatoms. The predicted molar refractivity (Wildman–Crippen MR) is 60.0 cm³/mol. The molecule has 0 radical (unpaired) electrons. The second-order valence-electron chi connectivity index (χ2n) is 2.98. The monoisotopic (exact) mass is 273 g/mol. The van der Waals surface area contributed by atoms with Crippen molar-refractivity contribution in [1.29, 1.82) is 0 Å². The van der Waals surface area contributed by atoms with Crippen LogP contribution < -0.4 is 0 Å². The fraction of sp³-hybridized carbons (Fsp3) is 0.100. The molecular weight excluding hydrogens is 265 g/mol. The standard InChI is InChI=1S/C8H5FO.C2H3NO4S/c9-7-3-1-2-6-4-5-10-8(6)7;4-2(5)1-3-8(6)7/h1-5H;1H2,(H,4,5). The second kappa shape index (κ2) is 6.50. The topological polar surface area (TPSA) is 96.9 Å². The number of halogens is 1. The Balaban J connectivity index is 0.000000187. The number of furan rings is 1. The SMILES string of the molecule is Fc1cccc2ccoc12.O=C(O)CN=S(=O)=O. The second-order valence-corrected chi connectivity index (χ2v) is 3.67. The van der Waals surface area contributed by atoms with Gasteiger partial charge in [0.1, 0.15) is 0 Å². The maximum Gasteiger partial charge on any atom is 0.326 e. The highest BCUT2D eigenvalue weighted by Gasteiger charge is 2.00. The summed E-state index contributed by atoms with van der Waals surface area (Å²) >= 11 is 0. The highest BCUT2D eigenvalue weighted by Crippen LogP contribution is 2.17. The first-order valence-electron chi connectivity index (χ1n) is 4.61. The molecule has 1 aromatic carbocycles. The van der Waals surface area contributed by atoms with Crippen LogP contribution in [0.3, 0.4) is 0 Å². The fourth-order valence-corrected chi connectivity index (χ4v) is 1.28. The van der Waals surface area contributed by atoms with E-state index in [1.807, 2.05) is 6.07 Å². The smallest absolute Gasteiger partial charge is 0.326 e. The van der Waals surface area contributed by atoms with E-state index in [-0.39, 0.29) is 5.82 Å². The van der Waals surface area contributed by atoms with Crippen LogP contribution in [0.15, 0.2) is 39.3 Å². The van der Waals surface area contributed by atoms with Crippen molar-refractivity contribution in [2.45, 2.75) is 0 Å². The molecule has 0 atom stereocenters. The maximum absolute atomic E-state index is 12.7. The average Bonchev–Trinajstić information content (AvgIpc) is 2.77. The van der Waals surface area contributed by atoms with Crippen molar-refractivity contribution in [3.8, 4) is 0 Å². The van der Waals surface area contributed by atoms with E-state index in [2.05, 4.69) is 4.36 Å². The van der Waals surface area contributed by atoms with Crippen LogP contribution in [-0.2, 0) is 15.3 Å². The van der Waals surface area contributed by atoms with Crippen molar-refractivity contribution >= 4 is 27.4 Å². The summed E-state index contributed by atoms with van der Waals surface area (Å²) < 4.78 is 39.2. The minimum absolute atomic E-state index is 0.303. The summed E-state index contributed by atoms with van der Waals surface area (Å²) in [6, 6.07) is 6.58. The van der Waals surface area contributed by atoms with Gasteiger partial charge in [-0.05, 0) is 12.1 Å². The van der Waals surface area contributed by atoms with Crippen molar-refractivity contribution in [1.82, 2.24) is 0 Å². The fourth-order valence-electron chi connectivity index (χ4n) is 1.06. The summed E-state index contributed by atoms with van der Waals surface area (Å²) in [5.41, 5.74) is 0.336. The first kappa shape index (κ1) is 13.8. The largest absolute Gasteiger partial charge is 0.480 e. The normalized spacial score (nSPS) is 9.39. The molecule has 1 aromatic heterocycles. The molecule has 0 aliphatic heterocycles. The van der Waals surface area contributed by atoms with Crippen LogP contribution in [0.25, 0.3) is 11.0 Å². The van der Waals surface area contributed by atoms with Crippen molar-refractivity contribution in [3.63, 3.8) is 0 Å². The summed E-state index contributed by atoms with van der Waals surface area (Å²) in [5.74, 6) is -1.56. The van der Waals surface area contributed by atoms with E-state index in [0.29, 0.717) is 5.58 Å². The number of fused-ring (bicyclic) bond motifs is 1. The Bertz CT molecular complexity index is 668. The Morgan fingerprint density at radius 3 is 2.61 bits per heavy atom. The predicted octanol–water partition coefficient (Wildman–Crippen LogP) is 1.71. The van der Waals surface area contributed by atoms with Crippen LogP contribution in [0, 0.1) is 5.82 Å². The Morgan fingerprint density at radius 1 is 1.39 bits per heavy atom. The maximum atomic E-state index is 12.7. The van der Waals surface area contributed by atoms with Gasteiger partial charge in [-0.1, -0.05) is 12.1 Å². The van der Waals surface area contributed by atoms with Crippen molar-refractivity contribution < 1.29 is 27.1 Å². The third-order valence-electron chi connectivity index (χ3n) is 1.74. The third kappa shape index (κ3) is 4.34. The first-order chi connectivity index (χ1) is 8.50. The number of hydrogen-bond acceptors (Lipinski definition) is 5. The molecule has 1 N–H and O–H groups in total. The number of rotatable bonds is 2. The molecule has 0 aliphatic rings.